The van der Waals surface area contributed by atoms with Crippen LogP contribution in [0, 0.1) is 5.92 Å². The molecule has 2 fully saturated rings. The van der Waals surface area contributed by atoms with Gasteiger partial charge in [0.05, 0.1) is 13.2 Å². The lowest BCUT2D eigenvalue weighted by molar-refractivity contribution is 0.0255. The summed E-state index contributed by atoms with van der Waals surface area (Å²) in [6.07, 6.45) is 3.45. The van der Waals surface area contributed by atoms with Crippen LogP contribution in [-0.4, -0.2) is 44.4 Å². The molecule has 3 rings (SSSR count). The van der Waals surface area contributed by atoms with Crippen LogP contribution in [0.4, 0.5) is 0 Å². The average Bonchev–Trinajstić information content (AvgIpc) is 2.90. The van der Waals surface area contributed by atoms with Crippen LogP contribution in [-0.2, 0) is 4.74 Å². The molecule has 2 aliphatic rings. The van der Waals surface area contributed by atoms with Gasteiger partial charge in [-0.3, -0.25) is 4.90 Å². The highest BCUT2D eigenvalue weighted by Crippen LogP contribution is 2.34. The first-order chi connectivity index (χ1) is 10.3. The zero-order valence-electron chi connectivity index (χ0n) is 12.8. The fraction of sp³-hybridized carbons (Fsp3) is 0.647. The van der Waals surface area contributed by atoms with Crippen LogP contribution in [0.3, 0.4) is 0 Å². The predicted molar refractivity (Wildman–Crippen MR) is 83.4 cm³/mol. The third kappa shape index (κ3) is 3.57. The van der Waals surface area contributed by atoms with Crippen molar-refractivity contribution >= 4 is 0 Å². The third-order valence-corrected chi connectivity index (χ3v) is 4.70. The number of hydrogen-bond donors (Lipinski definition) is 1. The van der Waals surface area contributed by atoms with Crippen molar-refractivity contribution in [3.05, 3.63) is 29.8 Å². The quantitative estimate of drug-likeness (QED) is 0.923. The summed E-state index contributed by atoms with van der Waals surface area (Å²) in [5.41, 5.74) is 7.18. The molecule has 4 nitrogen and oxygen atoms in total. The minimum absolute atomic E-state index is 0.306. The first-order valence-electron chi connectivity index (χ1n) is 8.01. The minimum Gasteiger partial charge on any atom is -0.490 e. The molecule has 2 saturated heterocycles. The van der Waals surface area contributed by atoms with Gasteiger partial charge in [0.15, 0.2) is 0 Å². The minimum atomic E-state index is 0.306. The third-order valence-electron chi connectivity index (χ3n) is 4.70. The molecule has 2 aliphatic heterocycles. The van der Waals surface area contributed by atoms with Gasteiger partial charge in [-0.15, -0.1) is 0 Å². The summed E-state index contributed by atoms with van der Waals surface area (Å²) in [7, 11) is 2.19. The normalized spacial score (nSPS) is 27.9. The second-order valence-corrected chi connectivity index (χ2v) is 6.29. The van der Waals surface area contributed by atoms with Crippen LogP contribution in [0.25, 0.3) is 0 Å². The monoisotopic (exact) mass is 290 g/mol. The van der Waals surface area contributed by atoms with Crippen molar-refractivity contribution in [1.82, 2.24) is 4.90 Å². The Bertz CT molecular complexity index is 443. The Morgan fingerprint density at radius 1 is 1.24 bits per heavy atom. The Balaban J connectivity index is 1.61. The van der Waals surface area contributed by atoms with E-state index in [4.69, 9.17) is 15.2 Å². The summed E-state index contributed by atoms with van der Waals surface area (Å²) < 4.78 is 11.4. The number of likely N-dealkylation sites (tertiary alicyclic amines) is 1. The zero-order valence-corrected chi connectivity index (χ0v) is 12.8. The topological polar surface area (TPSA) is 47.7 Å². The molecular formula is C17H26N2O2. The van der Waals surface area contributed by atoms with Gasteiger partial charge in [0.2, 0.25) is 0 Å². The van der Waals surface area contributed by atoms with Crippen molar-refractivity contribution in [2.75, 3.05) is 33.4 Å². The van der Waals surface area contributed by atoms with Crippen molar-refractivity contribution in [2.24, 2.45) is 11.7 Å². The van der Waals surface area contributed by atoms with Crippen LogP contribution in [0.2, 0.25) is 0 Å². The lowest BCUT2D eigenvalue weighted by Crippen LogP contribution is -2.25. The SMILES string of the molecule is CN1CC(CN)CC1c1ccc(OC2CCOCC2)cc1. The maximum atomic E-state index is 6.03. The molecule has 1 aromatic carbocycles. The molecule has 116 valence electrons. The molecule has 0 aromatic heterocycles. The summed E-state index contributed by atoms with van der Waals surface area (Å²) in [4.78, 5) is 2.41. The van der Waals surface area contributed by atoms with E-state index in [2.05, 4.69) is 36.2 Å². The summed E-state index contributed by atoms with van der Waals surface area (Å²) in [5, 5.41) is 0. The Morgan fingerprint density at radius 3 is 2.57 bits per heavy atom. The highest BCUT2D eigenvalue weighted by Gasteiger charge is 2.29. The zero-order chi connectivity index (χ0) is 14.7. The van der Waals surface area contributed by atoms with Crippen molar-refractivity contribution in [1.29, 1.82) is 0 Å². The molecule has 0 aliphatic carbocycles. The van der Waals surface area contributed by atoms with Gasteiger partial charge in [-0.05, 0) is 43.6 Å². The maximum absolute atomic E-state index is 6.03. The van der Waals surface area contributed by atoms with Crippen LogP contribution < -0.4 is 10.5 Å². The Kier molecular flexibility index (Phi) is 4.78. The maximum Gasteiger partial charge on any atom is 0.119 e. The molecule has 0 bridgehead atoms. The fourth-order valence-corrected chi connectivity index (χ4v) is 3.42. The van der Waals surface area contributed by atoms with Gasteiger partial charge in [0.25, 0.3) is 0 Å². The lowest BCUT2D eigenvalue weighted by atomic mass is 10.00. The molecule has 1 aromatic rings. The Hall–Kier alpha value is -1.10. The molecular weight excluding hydrogens is 264 g/mol. The predicted octanol–water partition coefficient (Wildman–Crippen LogP) is 2.20. The van der Waals surface area contributed by atoms with Crippen molar-refractivity contribution in [3.63, 3.8) is 0 Å². The largest absolute Gasteiger partial charge is 0.490 e. The van der Waals surface area contributed by atoms with Crippen molar-refractivity contribution in [2.45, 2.75) is 31.4 Å². The van der Waals surface area contributed by atoms with Crippen molar-refractivity contribution < 1.29 is 9.47 Å². The van der Waals surface area contributed by atoms with Gasteiger partial charge in [-0.2, -0.15) is 0 Å². The Morgan fingerprint density at radius 2 is 1.95 bits per heavy atom. The van der Waals surface area contributed by atoms with E-state index in [1.807, 2.05) is 0 Å². The molecule has 2 N–H and O–H groups in total. The first kappa shape index (κ1) is 14.8. The fourth-order valence-electron chi connectivity index (χ4n) is 3.42. The van der Waals surface area contributed by atoms with Gasteiger partial charge >= 0.3 is 0 Å². The van der Waals surface area contributed by atoms with Crippen LogP contribution in [0.1, 0.15) is 30.9 Å². The summed E-state index contributed by atoms with van der Waals surface area (Å²) in [6.45, 7) is 3.51. The van der Waals surface area contributed by atoms with Crippen molar-refractivity contribution in [3.8, 4) is 5.75 Å². The molecule has 0 spiro atoms. The lowest BCUT2D eigenvalue weighted by Gasteiger charge is -2.24. The molecule has 2 atom stereocenters. The molecule has 4 heteroatoms. The van der Waals surface area contributed by atoms with E-state index in [0.29, 0.717) is 18.1 Å². The molecule has 0 radical (unpaired) electrons. The van der Waals surface area contributed by atoms with E-state index in [0.717, 1.165) is 51.3 Å². The summed E-state index contributed by atoms with van der Waals surface area (Å²) >= 11 is 0. The second kappa shape index (κ2) is 6.77. The molecule has 21 heavy (non-hydrogen) atoms. The van der Waals surface area contributed by atoms with E-state index in [1.54, 1.807) is 0 Å². The highest BCUT2D eigenvalue weighted by atomic mass is 16.5. The van der Waals surface area contributed by atoms with E-state index in [1.165, 1.54) is 5.56 Å². The number of nitrogens with two attached hydrogens (primary N) is 1. The summed E-state index contributed by atoms with van der Waals surface area (Å²) in [6, 6.07) is 9.11. The number of ether oxygens (including phenoxy) is 2. The van der Waals surface area contributed by atoms with Gasteiger partial charge in [-0.1, -0.05) is 12.1 Å². The molecule has 2 unspecified atom stereocenters. The Labute approximate surface area is 127 Å². The molecule has 2 heterocycles. The van der Waals surface area contributed by atoms with E-state index in [9.17, 15) is 0 Å². The smallest absolute Gasteiger partial charge is 0.119 e. The van der Waals surface area contributed by atoms with E-state index in [-0.39, 0.29) is 0 Å². The molecule has 0 amide bonds. The average molecular weight is 290 g/mol. The van der Waals surface area contributed by atoms with Gasteiger partial charge in [0, 0.05) is 25.4 Å². The van der Waals surface area contributed by atoms with Gasteiger partial charge < -0.3 is 15.2 Å². The van der Waals surface area contributed by atoms with Gasteiger partial charge in [0.1, 0.15) is 11.9 Å². The van der Waals surface area contributed by atoms with E-state index < -0.39 is 0 Å². The highest BCUT2D eigenvalue weighted by molar-refractivity contribution is 5.30. The number of benzene rings is 1. The number of rotatable bonds is 4. The van der Waals surface area contributed by atoms with Gasteiger partial charge in [-0.25, -0.2) is 0 Å². The van der Waals surface area contributed by atoms with Crippen LogP contribution in [0.15, 0.2) is 24.3 Å². The van der Waals surface area contributed by atoms with Crippen LogP contribution >= 0.6 is 0 Å². The molecule has 0 saturated carbocycles. The standard InChI is InChI=1S/C17H26N2O2/c1-19-12-13(11-18)10-17(19)14-2-4-15(5-3-14)21-16-6-8-20-9-7-16/h2-5,13,16-17H,6-12,18H2,1H3. The van der Waals surface area contributed by atoms with E-state index >= 15 is 0 Å². The first-order valence-corrected chi connectivity index (χ1v) is 8.01. The number of nitrogens with zero attached hydrogens (tertiary/aromatic N) is 1. The van der Waals surface area contributed by atoms with Crippen LogP contribution in [0.5, 0.6) is 5.75 Å². The number of hydrogen-bond acceptors (Lipinski definition) is 4. The second-order valence-electron chi connectivity index (χ2n) is 6.29. The summed E-state index contributed by atoms with van der Waals surface area (Å²) in [5.74, 6) is 1.60.